The van der Waals surface area contributed by atoms with Crippen LogP contribution in [0.5, 0.6) is 0 Å². The molecule has 3 heterocycles. The van der Waals surface area contributed by atoms with E-state index < -0.39 is 0 Å². The van der Waals surface area contributed by atoms with Crippen molar-refractivity contribution in [2.24, 2.45) is 5.10 Å². The van der Waals surface area contributed by atoms with E-state index in [9.17, 15) is 0 Å². The van der Waals surface area contributed by atoms with E-state index in [1.54, 1.807) is 30.6 Å². The molecule has 0 amide bonds. The van der Waals surface area contributed by atoms with E-state index in [0.29, 0.717) is 41.1 Å². The number of hydrazone groups is 1. The summed E-state index contributed by atoms with van der Waals surface area (Å²) in [7, 11) is 0. The van der Waals surface area contributed by atoms with Gasteiger partial charge in [0.15, 0.2) is 5.58 Å². The van der Waals surface area contributed by atoms with Crippen molar-refractivity contribution < 1.29 is 4.42 Å². The van der Waals surface area contributed by atoms with E-state index in [1.807, 2.05) is 0 Å². The monoisotopic (exact) mass is 445 g/mol. The number of rotatable bonds is 4. The molecule has 1 aromatic carbocycles. The first-order valence-electron chi connectivity index (χ1n) is 7.04. The molecule has 0 fully saturated rings. The Morgan fingerprint density at radius 1 is 1.19 bits per heavy atom. The van der Waals surface area contributed by atoms with Crippen LogP contribution in [0.15, 0.2) is 33.9 Å². The number of fused-ring (bicyclic) bond motifs is 1. The van der Waals surface area contributed by atoms with Crippen LogP contribution in [0.4, 0.5) is 6.01 Å². The van der Waals surface area contributed by atoms with Gasteiger partial charge in [-0.25, -0.2) is 5.43 Å². The second-order valence-corrected chi connectivity index (χ2v) is 8.19. The van der Waals surface area contributed by atoms with E-state index >= 15 is 0 Å². The lowest BCUT2D eigenvalue weighted by Gasteiger charge is -1.96. The number of benzene rings is 1. The summed E-state index contributed by atoms with van der Waals surface area (Å²) in [5, 5.41) is 11.9. The molecule has 4 rings (SSSR count). The van der Waals surface area contributed by atoms with E-state index in [-0.39, 0.29) is 6.01 Å². The predicted octanol–water partition coefficient (Wildman–Crippen LogP) is 6.34. The molecule has 0 saturated carbocycles. The fourth-order valence-electron chi connectivity index (χ4n) is 2.28. The van der Waals surface area contributed by atoms with E-state index in [0.717, 1.165) is 5.56 Å². The van der Waals surface area contributed by atoms with Crippen molar-refractivity contribution in [2.45, 2.75) is 0 Å². The van der Waals surface area contributed by atoms with Gasteiger partial charge in [-0.15, -0.1) is 11.3 Å². The number of aromatic nitrogens is 3. The maximum atomic E-state index is 6.19. The first-order chi connectivity index (χ1) is 12.5. The summed E-state index contributed by atoms with van der Waals surface area (Å²) >= 11 is 25.5. The molecule has 132 valence electrons. The van der Waals surface area contributed by atoms with Crippen molar-refractivity contribution in [1.29, 1.82) is 0 Å². The summed E-state index contributed by atoms with van der Waals surface area (Å²) in [6.45, 7) is 0. The average molecular weight is 447 g/mol. The van der Waals surface area contributed by atoms with Gasteiger partial charge >= 0.3 is 6.01 Å². The number of oxazole rings is 1. The van der Waals surface area contributed by atoms with E-state index in [1.165, 1.54) is 11.3 Å². The first kappa shape index (κ1) is 17.6. The number of anilines is 1. The highest BCUT2D eigenvalue weighted by Crippen LogP contribution is 2.38. The lowest BCUT2D eigenvalue weighted by atomic mass is 10.2. The van der Waals surface area contributed by atoms with Gasteiger partial charge in [0.1, 0.15) is 9.85 Å². The Balaban J connectivity index is 1.58. The highest BCUT2D eigenvalue weighted by molar-refractivity contribution is 7.20. The minimum atomic E-state index is 0.182. The summed E-state index contributed by atoms with van der Waals surface area (Å²) in [5.41, 5.74) is 5.84. The van der Waals surface area contributed by atoms with Crippen LogP contribution >= 0.6 is 57.7 Å². The summed E-state index contributed by atoms with van der Waals surface area (Å²) in [5.74, 6) is 0. The molecule has 4 aromatic rings. The zero-order valence-corrected chi connectivity index (χ0v) is 16.4. The minimum Gasteiger partial charge on any atom is -0.421 e. The Hall–Kier alpha value is -1.77. The van der Waals surface area contributed by atoms with Crippen LogP contribution in [0.1, 0.15) is 5.56 Å². The van der Waals surface area contributed by atoms with Crippen molar-refractivity contribution in [3.63, 3.8) is 0 Å². The summed E-state index contributed by atoms with van der Waals surface area (Å²) < 4.78 is 6.67. The molecule has 0 aliphatic carbocycles. The Labute approximate surface area is 170 Å². The highest BCUT2D eigenvalue weighted by Gasteiger charge is 2.14. The topological polar surface area (TPSA) is 79.1 Å². The molecule has 0 unspecified atom stereocenters. The SMILES string of the molecule is Clc1cc(Cl)c2oc(N/N=C/c3cn[nH]c3-c3cc(Cl)sc3Cl)nc2c1. The third kappa shape index (κ3) is 3.41. The molecular weight excluding hydrogens is 440 g/mol. The Bertz CT molecular complexity index is 1130. The van der Waals surface area contributed by atoms with Crippen molar-refractivity contribution in [3.05, 3.63) is 48.7 Å². The molecule has 2 N–H and O–H groups in total. The zero-order valence-electron chi connectivity index (χ0n) is 12.6. The smallest absolute Gasteiger partial charge is 0.316 e. The molecule has 0 radical (unpaired) electrons. The van der Waals surface area contributed by atoms with Crippen LogP contribution in [0, 0.1) is 0 Å². The van der Waals surface area contributed by atoms with Gasteiger partial charge < -0.3 is 4.42 Å². The molecule has 3 aromatic heterocycles. The lowest BCUT2D eigenvalue weighted by molar-refractivity contribution is 0.617. The predicted molar refractivity (Wildman–Crippen MR) is 107 cm³/mol. The van der Waals surface area contributed by atoms with Crippen molar-refractivity contribution in [1.82, 2.24) is 15.2 Å². The van der Waals surface area contributed by atoms with Gasteiger partial charge in [-0.2, -0.15) is 15.2 Å². The summed E-state index contributed by atoms with van der Waals surface area (Å²) in [6.07, 6.45) is 3.18. The highest BCUT2D eigenvalue weighted by atomic mass is 35.5. The third-order valence-corrected chi connectivity index (χ3v) is 5.35. The summed E-state index contributed by atoms with van der Waals surface area (Å²) in [4.78, 5) is 4.23. The second kappa shape index (κ2) is 7.09. The number of aromatic amines is 1. The Morgan fingerprint density at radius 2 is 2.04 bits per heavy atom. The van der Waals surface area contributed by atoms with Crippen LogP contribution < -0.4 is 5.43 Å². The molecule has 0 aliphatic heterocycles. The molecule has 11 heteroatoms. The quantitative estimate of drug-likeness (QED) is 0.283. The van der Waals surface area contributed by atoms with Crippen LogP contribution in [0.2, 0.25) is 18.7 Å². The van der Waals surface area contributed by atoms with Gasteiger partial charge in [-0.3, -0.25) is 5.10 Å². The van der Waals surface area contributed by atoms with E-state index in [4.69, 9.17) is 50.8 Å². The van der Waals surface area contributed by atoms with Crippen LogP contribution in [-0.2, 0) is 0 Å². The fourth-order valence-corrected chi connectivity index (χ4v) is 4.28. The van der Waals surface area contributed by atoms with Gasteiger partial charge in [0, 0.05) is 16.1 Å². The summed E-state index contributed by atoms with van der Waals surface area (Å²) in [6, 6.07) is 5.18. The number of hydrogen-bond donors (Lipinski definition) is 2. The molecule has 0 spiro atoms. The molecule has 0 atom stereocenters. The number of hydrogen-bond acceptors (Lipinski definition) is 6. The van der Waals surface area contributed by atoms with Crippen LogP contribution in [-0.4, -0.2) is 21.4 Å². The number of H-pyrrole nitrogens is 1. The molecule has 0 saturated heterocycles. The molecular formula is C15H7Cl4N5OS. The minimum absolute atomic E-state index is 0.182. The molecule has 0 aliphatic rings. The van der Waals surface area contributed by atoms with Gasteiger partial charge in [0.05, 0.1) is 27.5 Å². The first-order valence-corrected chi connectivity index (χ1v) is 9.37. The average Bonchev–Trinajstić information content (AvgIpc) is 3.26. The zero-order chi connectivity index (χ0) is 18.3. The largest absolute Gasteiger partial charge is 0.421 e. The fraction of sp³-hybridized carbons (Fsp3) is 0. The van der Waals surface area contributed by atoms with Gasteiger partial charge in [0.25, 0.3) is 0 Å². The van der Waals surface area contributed by atoms with Crippen LogP contribution in [0.25, 0.3) is 22.4 Å². The second-order valence-electron chi connectivity index (χ2n) is 5.06. The third-order valence-electron chi connectivity index (χ3n) is 3.37. The number of nitrogens with one attached hydrogen (secondary N) is 2. The standard InChI is InChI=1S/C15H7Cl4N5OS/c16-7-1-9(17)13-10(2-7)22-15(25-13)24-21-5-6-4-20-23-12(6)8-3-11(18)26-14(8)19/h1-5H,(H,20,23)(H,22,24)/b21-5+. The van der Waals surface area contributed by atoms with Gasteiger partial charge in [-0.1, -0.05) is 46.4 Å². The normalized spacial score (nSPS) is 11.7. The molecule has 6 nitrogen and oxygen atoms in total. The Morgan fingerprint density at radius 3 is 2.81 bits per heavy atom. The molecule has 0 bridgehead atoms. The number of halogens is 4. The number of nitrogens with zero attached hydrogens (tertiary/aromatic N) is 3. The molecule has 26 heavy (non-hydrogen) atoms. The van der Waals surface area contributed by atoms with Crippen LogP contribution in [0.3, 0.4) is 0 Å². The lowest BCUT2D eigenvalue weighted by Crippen LogP contribution is -1.91. The van der Waals surface area contributed by atoms with Gasteiger partial charge in [0.2, 0.25) is 0 Å². The van der Waals surface area contributed by atoms with Crippen molar-refractivity contribution >= 4 is 81.1 Å². The number of thiophene rings is 1. The maximum Gasteiger partial charge on any atom is 0.316 e. The maximum absolute atomic E-state index is 6.19. The van der Waals surface area contributed by atoms with Crippen molar-refractivity contribution in [2.75, 3.05) is 5.43 Å². The van der Waals surface area contributed by atoms with Gasteiger partial charge in [-0.05, 0) is 18.2 Å². The van der Waals surface area contributed by atoms with Crippen molar-refractivity contribution in [3.8, 4) is 11.3 Å². The Kier molecular flexibility index (Phi) is 4.81. The van der Waals surface area contributed by atoms with E-state index in [2.05, 4.69) is 25.7 Å².